The minimum Gasteiger partial charge on any atom is -0.472 e. The highest BCUT2D eigenvalue weighted by molar-refractivity contribution is 9.10. The predicted octanol–water partition coefficient (Wildman–Crippen LogP) is 6.95. The van der Waals surface area contributed by atoms with E-state index in [0.717, 1.165) is 52.9 Å². The van der Waals surface area contributed by atoms with Crippen LogP contribution in [0.1, 0.15) is 77.7 Å². The number of carbonyl (C=O) groups is 3. The van der Waals surface area contributed by atoms with Gasteiger partial charge in [0.05, 0.1) is 32.1 Å². The number of allylic oxidation sites excluding steroid dienone is 1. The van der Waals surface area contributed by atoms with Gasteiger partial charge in [-0.15, -0.1) is 6.58 Å². The number of benzene rings is 1. The Bertz CT molecular complexity index is 1320. The van der Waals surface area contributed by atoms with E-state index in [2.05, 4.69) is 33.6 Å². The summed E-state index contributed by atoms with van der Waals surface area (Å²) in [6.45, 7) is 12.3. The molecule has 1 amide bonds. The van der Waals surface area contributed by atoms with Crippen LogP contribution >= 0.6 is 15.9 Å². The first-order valence-electron chi connectivity index (χ1n) is 15.5. The number of pyridine rings is 1. The summed E-state index contributed by atoms with van der Waals surface area (Å²) in [6, 6.07) is 5.18. The molecule has 1 aromatic heterocycles. The number of likely N-dealkylation sites (tertiary alicyclic amines) is 1. The number of carbonyl (C=O) groups excluding carboxylic acids is 3. The molecule has 0 N–H and O–H groups in total. The second-order valence-electron chi connectivity index (χ2n) is 12.7. The summed E-state index contributed by atoms with van der Waals surface area (Å²) in [5.41, 5.74) is 0.862. The number of hydrogen-bond acceptors (Lipinski definition) is 7. The van der Waals surface area contributed by atoms with Gasteiger partial charge in [-0.25, -0.2) is 9.78 Å². The Labute approximate surface area is 263 Å². The van der Waals surface area contributed by atoms with E-state index in [1.54, 1.807) is 18.0 Å². The molecule has 1 aliphatic heterocycles. The van der Waals surface area contributed by atoms with E-state index in [-0.39, 0.29) is 55.8 Å². The lowest BCUT2D eigenvalue weighted by atomic mass is 9.77. The molecule has 2 heterocycles. The molecule has 1 saturated carbocycles. The van der Waals surface area contributed by atoms with Crippen molar-refractivity contribution in [2.24, 2.45) is 17.3 Å². The van der Waals surface area contributed by atoms with Gasteiger partial charge in [-0.2, -0.15) is 0 Å². The highest BCUT2D eigenvalue weighted by Crippen LogP contribution is 2.37. The first-order valence-corrected chi connectivity index (χ1v) is 16.3. The van der Waals surface area contributed by atoms with Crippen molar-refractivity contribution in [3.05, 3.63) is 47.1 Å². The number of esters is 2. The smallest absolute Gasteiger partial charge is 0.328 e. The molecule has 2 aromatic rings. The van der Waals surface area contributed by atoms with Crippen molar-refractivity contribution in [3.8, 4) is 5.88 Å². The minimum absolute atomic E-state index is 0.0104. The van der Waals surface area contributed by atoms with Crippen molar-refractivity contribution in [3.63, 3.8) is 0 Å². The van der Waals surface area contributed by atoms with Crippen LogP contribution in [0, 0.1) is 24.2 Å². The van der Waals surface area contributed by atoms with Crippen molar-refractivity contribution >= 4 is 44.5 Å². The van der Waals surface area contributed by atoms with Crippen LogP contribution in [-0.2, 0) is 23.9 Å². The van der Waals surface area contributed by atoms with Crippen LogP contribution in [0.25, 0.3) is 10.8 Å². The third-order valence-electron chi connectivity index (χ3n) is 8.63. The maximum Gasteiger partial charge on any atom is 0.328 e. The van der Waals surface area contributed by atoms with Gasteiger partial charge < -0.3 is 19.1 Å². The average molecular weight is 658 g/mol. The zero-order valence-corrected chi connectivity index (χ0v) is 27.5. The highest BCUT2D eigenvalue weighted by Gasteiger charge is 2.46. The monoisotopic (exact) mass is 656 g/mol. The second-order valence-corrected chi connectivity index (χ2v) is 13.6. The molecule has 234 valence electrons. The summed E-state index contributed by atoms with van der Waals surface area (Å²) in [7, 11) is 0. The van der Waals surface area contributed by atoms with Crippen LogP contribution in [0.3, 0.4) is 0 Å². The van der Waals surface area contributed by atoms with Crippen LogP contribution < -0.4 is 4.74 Å². The van der Waals surface area contributed by atoms with Gasteiger partial charge in [0.2, 0.25) is 11.8 Å². The Hall–Kier alpha value is -2.94. The number of hydrogen-bond donors (Lipinski definition) is 0. The van der Waals surface area contributed by atoms with Crippen LogP contribution in [-0.4, -0.2) is 59.6 Å². The topological polar surface area (TPSA) is 95.0 Å². The van der Waals surface area contributed by atoms with Crippen molar-refractivity contribution < 1.29 is 28.6 Å². The molecule has 0 bridgehead atoms. The van der Waals surface area contributed by atoms with E-state index in [9.17, 15) is 14.4 Å². The molecule has 0 spiro atoms. The molecule has 2 fully saturated rings. The van der Waals surface area contributed by atoms with E-state index in [0.29, 0.717) is 12.3 Å². The summed E-state index contributed by atoms with van der Waals surface area (Å²) >= 11 is 3.60. The molecule has 9 heteroatoms. The zero-order valence-electron chi connectivity index (χ0n) is 25.9. The molecule has 2 aliphatic rings. The van der Waals surface area contributed by atoms with E-state index < -0.39 is 24.0 Å². The number of ether oxygens (including phenoxy) is 3. The molecule has 1 aromatic carbocycles. The van der Waals surface area contributed by atoms with Crippen LogP contribution in [0.5, 0.6) is 5.88 Å². The minimum atomic E-state index is -0.796. The lowest BCUT2D eigenvalue weighted by Crippen LogP contribution is -2.47. The number of nitrogens with zero attached hydrogens (tertiary/aromatic N) is 2. The molecule has 4 rings (SSSR count). The van der Waals surface area contributed by atoms with Crippen molar-refractivity contribution in [1.82, 2.24) is 9.88 Å². The quantitative estimate of drug-likeness (QED) is 0.180. The fourth-order valence-electron chi connectivity index (χ4n) is 6.29. The molecule has 0 unspecified atom stereocenters. The number of amides is 1. The Morgan fingerprint density at radius 2 is 1.93 bits per heavy atom. The molecular weight excluding hydrogens is 612 g/mol. The predicted molar refractivity (Wildman–Crippen MR) is 170 cm³/mol. The normalized spacial score (nSPS) is 20.1. The molecule has 43 heavy (non-hydrogen) atoms. The van der Waals surface area contributed by atoms with Gasteiger partial charge in [-0.3, -0.25) is 9.59 Å². The first kappa shape index (κ1) is 33.0. The summed E-state index contributed by atoms with van der Waals surface area (Å²) < 4.78 is 18.4. The van der Waals surface area contributed by atoms with Gasteiger partial charge >= 0.3 is 11.9 Å². The number of aromatic nitrogens is 1. The largest absolute Gasteiger partial charge is 0.472 e. The summed E-state index contributed by atoms with van der Waals surface area (Å²) in [4.78, 5) is 46.7. The fraction of sp³-hybridized carbons (Fsp3) is 0.588. The Kier molecular flexibility index (Phi) is 11.3. The van der Waals surface area contributed by atoms with Gasteiger partial charge in [-0.1, -0.05) is 61.2 Å². The van der Waals surface area contributed by atoms with E-state index in [1.807, 2.05) is 39.0 Å². The number of rotatable bonds is 12. The highest BCUT2D eigenvalue weighted by atomic mass is 79.9. The van der Waals surface area contributed by atoms with Crippen LogP contribution in [0.4, 0.5) is 0 Å². The molecule has 1 saturated heterocycles. The van der Waals surface area contributed by atoms with E-state index in [1.165, 1.54) is 0 Å². The molecular formula is C34H45BrN2O6. The van der Waals surface area contributed by atoms with Gasteiger partial charge in [0, 0.05) is 27.9 Å². The van der Waals surface area contributed by atoms with Gasteiger partial charge in [-0.05, 0) is 62.1 Å². The Morgan fingerprint density at radius 1 is 1.19 bits per heavy atom. The lowest BCUT2D eigenvalue weighted by molar-refractivity contribution is -0.157. The van der Waals surface area contributed by atoms with Crippen molar-refractivity contribution in [2.45, 2.75) is 91.2 Å². The lowest BCUT2D eigenvalue weighted by Gasteiger charge is -2.33. The molecule has 8 nitrogen and oxygen atoms in total. The van der Waals surface area contributed by atoms with Gasteiger partial charge in [0.25, 0.3) is 0 Å². The van der Waals surface area contributed by atoms with Gasteiger partial charge in [0.1, 0.15) is 12.1 Å². The van der Waals surface area contributed by atoms with E-state index in [4.69, 9.17) is 14.2 Å². The third kappa shape index (κ3) is 8.37. The van der Waals surface area contributed by atoms with Crippen LogP contribution in [0.15, 0.2) is 41.5 Å². The fourth-order valence-corrected chi connectivity index (χ4v) is 6.63. The Balaban J connectivity index is 1.56. The van der Waals surface area contributed by atoms with E-state index >= 15 is 0 Å². The third-order valence-corrected chi connectivity index (χ3v) is 9.49. The second kappa shape index (κ2) is 14.7. The standard InChI is InChI=1S/C34H45BrN2O6/c1-6-14-34(4,5)21-42-30(38)19-27(23-11-9-8-10-12-23)32(39)37-20-25(17-29(37)33(40)41-7-2)43-31-26-18-28(35)22(3)16-24(26)13-15-36-31/h6,13,15-16,18,23,25,27,29H,1,7-12,14,17,19-21H2,2-5H3/t25-,27+,29+/m1/s1. The first-order chi connectivity index (χ1) is 20.5. The molecule has 0 radical (unpaired) electrons. The number of aryl methyl sites for hydroxylation is 1. The van der Waals surface area contributed by atoms with Crippen LogP contribution in [0.2, 0.25) is 0 Å². The zero-order chi connectivity index (χ0) is 31.1. The summed E-state index contributed by atoms with van der Waals surface area (Å²) in [6.07, 6.45) is 8.95. The average Bonchev–Trinajstić information content (AvgIpc) is 3.40. The maximum atomic E-state index is 14.3. The molecule has 1 aliphatic carbocycles. The SMILES string of the molecule is C=CCC(C)(C)COC(=O)C[C@H](C(=O)N1C[C@H](Oc2nccc3cc(C)c(Br)cc23)C[C@H]1C(=O)OCC)C1CCCCC1. The summed E-state index contributed by atoms with van der Waals surface area (Å²) in [5, 5.41) is 1.84. The number of halogens is 1. The number of fused-ring (bicyclic) bond motifs is 1. The van der Waals surface area contributed by atoms with Gasteiger partial charge in [0.15, 0.2) is 0 Å². The summed E-state index contributed by atoms with van der Waals surface area (Å²) in [5.74, 6) is -1.11. The maximum absolute atomic E-state index is 14.3. The van der Waals surface area contributed by atoms with Crippen molar-refractivity contribution in [1.29, 1.82) is 0 Å². The molecule has 3 atom stereocenters. The Morgan fingerprint density at radius 3 is 2.63 bits per heavy atom. The van der Waals surface area contributed by atoms with Crippen molar-refractivity contribution in [2.75, 3.05) is 19.8 Å².